The summed E-state index contributed by atoms with van der Waals surface area (Å²) >= 11 is 3.22. The molecule has 2 aliphatic rings. The molecule has 1 saturated heterocycles. The second-order valence-electron chi connectivity index (χ2n) is 7.24. The van der Waals surface area contributed by atoms with Crippen LogP contribution in [0.15, 0.2) is 33.4 Å². The van der Waals surface area contributed by atoms with Gasteiger partial charge in [0.1, 0.15) is 11.4 Å². The SMILES string of the molecule is Cc1cc(C)c2c(c1)OC1(CCN(C(=O)c3ccc(Br)o3)CC1)CC2=O. The van der Waals surface area contributed by atoms with Crippen molar-refractivity contribution in [1.29, 1.82) is 0 Å². The van der Waals surface area contributed by atoms with E-state index in [0.717, 1.165) is 11.1 Å². The molecule has 6 heteroatoms. The highest BCUT2D eigenvalue weighted by Gasteiger charge is 2.44. The van der Waals surface area contributed by atoms with Crippen molar-refractivity contribution in [1.82, 2.24) is 4.90 Å². The summed E-state index contributed by atoms with van der Waals surface area (Å²) in [5.41, 5.74) is 2.25. The topological polar surface area (TPSA) is 59.8 Å². The molecule has 5 nitrogen and oxygen atoms in total. The summed E-state index contributed by atoms with van der Waals surface area (Å²) < 4.78 is 12.2. The second kappa shape index (κ2) is 6.27. The van der Waals surface area contributed by atoms with Crippen LogP contribution in [0.2, 0.25) is 0 Å². The van der Waals surface area contributed by atoms with Gasteiger partial charge in [0.25, 0.3) is 5.91 Å². The number of fused-ring (bicyclic) bond motifs is 1. The number of halogens is 1. The summed E-state index contributed by atoms with van der Waals surface area (Å²) in [7, 11) is 0. The third-order valence-electron chi connectivity index (χ3n) is 5.28. The third-order valence-corrected chi connectivity index (χ3v) is 5.70. The van der Waals surface area contributed by atoms with Crippen LogP contribution in [0, 0.1) is 13.8 Å². The average molecular weight is 418 g/mol. The fraction of sp³-hybridized carbons (Fsp3) is 0.400. The van der Waals surface area contributed by atoms with Crippen molar-refractivity contribution in [2.45, 2.75) is 38.7 Å². The molecule has 3 heterocycles. The van der Waals surface area contributed by atoms with Gasteiger partial charge in [-0.05, 0) is 59.1 Å². The molecule has 2 aromatic rings. The Balaban J connectivity index is 1.52. The molecular weight excluding hydrogens is 398 g/mol. The molecule has 1 spiro atoms. The van der Waals surface area contributed by atoms with Crippen molar-refractivity contribution in [2.24, 2.45) is 0 Å². The number of rotatable bonds is 1. The van der Waals surface area contributed by atoms with Gasteiger partial charge in [-0.25, -0.2) is 0 Å². The number of ether oxygens (including phenoxy) is 1. The van der Waals surface area contributed by atoms with E-state index in [2.05, 4.69) is 15.9 Å². The van der Waals surface area contributed by atoms with Crippen molar-refractivity contribution in [3.8, 4) is 5.75 Å². The van der Waals surface area contributed by atoms with Crippen LogP contribution < -0.4 is 4.74 Å². The third kappa shape index (κ3) is 2.96. The Bertz CT molecular complexity index is 893. The minimum Gasteiger partial charge on any atom is -0.486 e. The number of hydrogen-bond donors (Lipinski definition) is 0. The predicted octanol–water partition coefficient (Wildman–Crippen LogP) is 4.30. The number of Topliss-reactive ketones (excluding diaryl/α,β-unsaturated/α-hetero) is 1. The van der Waals surface area contributed by atoms with Gasteiger partial charge in [-0.3, -0.25) is 9.59 Å². The number of amides is 1. The van der Waals surface area contributed by atoms with Crippen LogP contribution in [0.3, 0.4) is 0 Å². The smallest absolute Gasteiger partial charge is 0.289 e. The summed E-state index contributed by atoms with van der Waals surface area (Å²) in [5.74, 6) is 1.02. The zero-order chi connectivity index (χ0) is 18.5. The van der Waals surface area contributed by atoms with Gasteiger partial charge < -0.3 is 14.1 Å². The van der Waals surface area contributed by atoms with Crippen LogP contribution in [0.5, 0.6) is 5.75 Å². The number of aryl methyl sites for hydroxylation is 2. The fourth-order valence-electron chi connectivity index (χ4n) is 4.00. The molecule has 1 fully saturated rings. The Morgan fingerprint density at radius 1 is 1.19 bits per heavy atom. The van der Waals surface area contributed by atoms with Gasteiger partial charge in [-0.2, -0.15) is 0 Å². The first-order chi connectivity index (χ1) is 12.4. The predicted molar refractivity (Wildman–Crippen MR) is 99.8 cm³/mol. The van der Waals surface area contributed by atoms with Crippen molar-refractivity contribution in [2.75, 3.05) is 13.1 Å². The minimum atomic E-state index is -0.509. The number of furan rings is 1. The highest BCUT2D eigenvalue weighted by Crippen LogP contribution is 2.41. The number of hydrogen-bond acceptors (Lipinski definition) is 4. The van der Waals surface area contributed by atoms with Gasteiger partial charge in [0, 0.05) is 25.9 Å². The molecule has 0 saturated carbocycles. The van der Waals surface area contributed by atoms with E-state index in [1.807, 2.05) is 26.0 Å². The molecule has 1 aromatic heterocycles. The second-order valence-corrected chi connectivity index (χ2v) is 8.02. The average Bonchev–Trinajstić information content (AvgIpc) is 3.00. The van der Waals surface area contributed by atoms with Gasteiger partial charge >= 0.3 is 0 Å². The Morgan fingerprint density at radius 3 is 2.58 bits per heavy atom. The van der Waals surface area contributed by atoms with E-state index < -0.39 is 5.60 Å². The normalized spacial score (nSPS) is 18.6. The fourth-order valence-corrected chi connectivity index (χ4v) is 4.30. The van der Waals surface area contributed by atoms with Crippen molar-refractivity contribution >= 4 is 27.6 Å². The Kier molecular flexibility index (Phi) is 4.18. The number of benzene rings is 1. The lowest BCUT2D eigenvalue weighted by Gasteiger charge is -2.44. The molecule has 0 unspecified atom stereocenters. The zero-order valence-corrected chi connectivity index (χ0v) is 16.4. The number of piperidine rings is 1. The van der Waals surface area contributed by atoms with E-state index >= 15 is 0 Å². The molecule has 26 heavy (non-hydrogen) atoms. The maximum absolute atomic E-state index is 12.7. The first-order valence-corrected chi connectivity index (χ1v) is 9.54. The quantitative estimate of drug-likeness (QED) is 0.693. The van der Waals surface area contributed by atoms with Crippen LogP contribution in [-0.4, -0.2) is 35.3 Å². The maximum atomic E-state index is 12.7. The molecule has 2 aliphatic heterocycles. The molecule has 1 amide bonds. The van der Waals surface area contributed by atoms with Crippen LogP contribution in [-0.2, 0) is 0 Å². The lowest BCUT2D eigenvalue weighted by Crippen LogP contribution is -2.52. The highest BCUT2D eigenvalue weighted by molar-refractivity contribution is 9.10. The van der Waals surface area contributed by atoms with Crippen LogP contribution in [0.4, 0.5) is 0 Å². The van der Waals surface area contributed by atoms with Crippen molar-refractivity contribution in [3.05, 3.63) is 51.4 Å². The van der Waals surface area contributed by atoms with Gasteiger partial charge in [0.05, 0.1) is 12.0 Å². The van der Waals surface area contributed by atoms with Gasteiger partial charge in [-0.1, -0.05) is 6.07 Å². The molecule has 0 bridgehead atoms. The number of carbonyl (C=O) groups is 2. The molecular formula is C20H20BrNO4. The summed E-state index contributed by atoms with van der Waals surface area (Å²) in [6.45, 7) is 5.05. The highest BCUT2D eigenvalue weighted by atomic mass is 79.9. The molecule has 0 aliphatic carbocycles. The Labute approximate surface area is 160 Å². The molecule has 136 valence electrons. The van der Waals surface area contributed by atoms with E-state index in [1.165, 1.54) is 0 Å². The monoisotopic (exact) mass is 417 g/mol. The summed E-state index contributed by atoms with van der Waals surface area (Å²) in [6, 6.07) is 7.34. The van der Waals surface area contributed by atoms with E-state index in [-0.39, 0.29) is 11.7 Å². The Hall–Kier alpha value is -2.08. The summed E-state index contributed by atoms with van der Waals surface area (Å²) in [4.78, 5) is 27.1. The van der Waals surface area contributed by atoms with Crippen molar-refractivity contribution in [3.63, 3.8) is 0 Å². The number of nitrogens with zero attached hydrogens (tertiary/aromatic N) is 1. The number of likely N-dealkylation sites (tertiary alicyclic amines) is 1. The van der Waals surface area contributed by atoms with E-state index in [0.29, 0.717) is 54.1 Å². The maximum Gasteiger partial charge on any atom is 0.289 e. The molecule has 0 atom stereocenters. The molecule has 4 rings (SSSR count). The van der Waals surface area contributed by atoms with Gasteiger partial charge in [0.15, 0.2) is 16.2 Å². The summed E-state index contributed by atoms with van der Waals surface area (Å²) in [6.07, 6.45) is 1.65. The van der Waals surface area contributed by atoms with E-state index in [1.54, 1.807) is 17.0 Å². The first-order valence-electron chi connectivity index (χ1n) is 8.75. The molecule has 0 radical (unpaired) electrons. The van der Waals surface area contributed by atoms with Crippen LogP contribution in [0.25, 0.3) is 0 Å². The minimum absolute atomic E-state index is 0.125. The standard InChI is InChI=1S/C20H20BrNO4/c1-12-9-13(2)18-14(23)11-20(26-16(18)10-12)5-7-22(8-6-20)19(24)15-3-4-17(21)25-15/h3-4,9-10H,5-8,11H2,1-2H3. The molecule has 1 aromatic carbocycles. The number of carbonyl (C=O) groups excluding carboxylic acids is 2. The van der Waals surface area contributed by atoms with E-state index in [9.17, 15) is 9.59 Å². The van der Waals surface area contributed by atoms with Crippen LogP contribution in [0.1, 0.15) is 51.3 Å². The Morgan fingerprint density at radius 2 is 1.92 bits per heavy atom. The van der Waals surface area contributed by atoms with Crippen molar-refractivity contribution < 1.29 is 18.7 Å². The zero-order valence-electron chi connectivity index (χ0n) is 14.8. The first kappa shape index (κ1) is 17.3. The molecule has 0 N–H and O–H groups in total. The number of ketones is 1. The lowest BCUT2D eigenvalue weighted by molar-refractivity contribution is -0.00654. The largest absolute Gasteiger partial charge is 0.486 e. The lowest BCUT2D eigenvalue weighted by atomic mass is 9.81. The van der Waals surface area contributed by atoms with Gasteiger partial charge in [0.2, 0.25) is 0 Å². The van der Waals surface area contributed by atoms with Crippen LogP contribution >= 0.6 is 15.9 Å². The van der Waals surface area contributed by atoms with Gasteiger partial charge in [-0.15, -0.1) is 0 Å². The summed E-state index contributed by atoms with van der Waals surface area (Å²) in [5, 5.41) is 0. The van der Waals surface area contributed by atoms with E-state index in [4.69, 9.17) is 9.15 Å².